The fourth-order valence-electron chi connectivity index (χ4n) is 5.13. The maximum atomic E-state index is 12.6. The number of fused-ring (bicyclic) bond motifs is 3. The number of aromatic nitrogens is 2. The van der Waals surface area contributed by atoms with Crippen LogP contribution in [-0.2, 0) is 22.4 Å². The molecule has 1 N–H and O–H groups in total. The molecule has 1 amide bonds. The first-order valence-electron chi connectivity index (χ1n) is 12.1. The summed E-state index contributed by atoms with van der Waals surface area (Å²) in [4.78, 5) is 31.6. The molecule has 8 nitrogen and oxygen atoms in total. The van der Waals surface area contributed by atoms with Crippen molar-refractivity contribution in [1.82, 2.24) is 9.55 Å². The second-order valence-electron chi connectivity index (χ2n) is 9.19. The largest absolute Gasteiger partial charge is 0.481 e. The summed E-state index contributed by atoms with van der Waals surface area (Å²) in [5, 5.41) is 19.4. The monoisotopic (exact) mass is 494 g/mol. The summed E-state index contributed by atoms with van der Waals surface area (Å²) >= 11 is 0. The lowest BCUT2D eigenvalue weighted by Gasteiger charge is -2.34. The van der Waals surface area contributed by atoms with Crippen molar-refractivity contribution in [3.05, 3.63) is 89.2 Å². The Kier molecular flexibility index (Phi) is 6.36. The van der Waals surface area contributed by atoms with Crippen molar-refractivity contribution in [3.8, 4) is 11.8 Å². The van der Waals surface area contributed by atoms with Crippen LogP contribution in [0.25, 0.3) is 16.7 Å². The highest BCUT2D eigenvalue weighted by Gasteiger charge is 2.32. The van der Waals surface area contributed by atoms with Crippen LogP contribution in [0, 0.1) is 11.3 Å². The number of carboxylic acid groups (broad SMARTS) is 1. The molecule has 0 radical (unpaired) electrons. The first kappa shape index (κ1) is 24.1. The standard InChI is InChI=1S/C29H26N4O4/c1-18-8-13-22-24(32(18)29(36)37-2)14-15-25-27(22)31-26(33(25)21-11-9-19(17-30)10-12-21)16-23(28(34)35)20-6-4-3-5-7-20/h3-7,9-12,14-15,18,23H,8,13,16H2,1-2H3,(H,34,35)/t18-,23+/m0/s1. The molecule has 0 bridgehead atoms. The third-order valence-electron chi connectivity index (χ3n) is 7.00. The van der Waals surface area contributed by atoms with E-state index in [1.54, 1.807) is 17.0 Å². The maximum Gasteiger partial charge on any atom is 0.414 e. The Hall–Kier alpha value is -4.64. The topological polar surface area (TPSA) is 108 Å². The number of carbonyl (C=O) groups excluding carboxylic acids is 1. The summed E-state index contributed by atoms with van der Waals surface area (Å²) in [6, 6.07) is 22.2. The number of methoxy groups -OCH3 is 1. The predicted octanol–water partition coefficient (Wildman–Crippen LogP) is 5.22. The Morgan fingerprint density at radius 3 is 2.51 bits per heavy atom. The molecule has 0 fully saturated rings. The van der Waals surface area contributed by atoms with E-state index in [9.17, 15) is 20.0 Å². The molecule has 2 atom stereocenters. The molecule has 5 rings (SSSR count). The van der Waals surface area contributed by atoms with Gasteiger partial charge in [-0.05, 0) is 61.7 Å². The van der Waals surface area contributed by atoms with Crippen LogP contribution in [0.3, 0.4) is 0 Å². The Morgan fingerprint density at radius 2 is 1.86 bits per heavy atom. The number of hydrogen-bond acceptors (Lipinski definition) is 5. The van der Waals surface area contributed by atoms with E-state index in [1.165, 1.54) is 7.11 Å². The number of imidazole rings is 1. The van der Waals surface area contributed by atoms with Crippen LogP contribution in [0.1, 0.15) is 41.8 Å². The maximum absolute atomic E-state index is 12.6. The number of aliphatic carboxylic acids is 1. The molecule has 1 aromatic heterocycles. The van der Waals surface area contributed by atoms with E-state index in [0.29, 0.717) is 17.0 Å². The van der Waals surface area contributed by atoms with E-state index in [4.69, 9.17) is 9.72 Å². The fraction of sp³-hybridized carbons (Fsp3) is 0.241. The number of amides is 1. The van der Waals surface area contributed by atoms with Gasteiger partial charge >= 0.3 is 12.1 Å². The van der Waals surface area contributed by atoms with Gasteiger partial charge in [0.2, 0.25) is 0 Å². The Bertz CT molecular complexity index is 1520. The van der Waals surface area contributed by atoms with E-state index in [0.717, 1.165) is 40.8 Å². The number of carboxylic acids is 1. The van der Waals surface area contributed by atoms with Crippen LogP contribution in [-0.4, -0.2) is 39.9 Å². The number of ether oxygens (including phenoxy) is 1. The van der Waals surface area contributed by atoms with Gasteiger partial charge in [0.25, 0.3) is 0 Å². The average molecular weight is 495 g/mol. The first-order valence-corrected chi connectivity index (χ1v) is 12.1. The highest BCUT2D eigenvalue weighted by atomic mass is 16.5. The van der Waals surface area contributed by atoms with E-state index < -0.39 is 18.0 Å². The van der Waals surface area contributed by atoms with Crippen molar-refractivity contribution in [2.45, 2.75) is 38.1 Å². The minimum Gasteiger partial charge on any atom is -0.481 e. The lowest BCUT2D eigenvalue weighted by Crippen LogP contribution is -2.42. The van der Waals surface area contributed by atoms with Crippen molar-refractivity contribution in [2.75, 3.05) is 12.0 Å². The fourth-order valence-corrected chi connectivity index (χ4v) is 5.13. The molecule has 4 aromatic rings. The quantitative estimate of drug-likeness (QED) is 0.408. The van der Waals surface area contributed by atoms with Gasteiger partial charge in [-0.1, -0.05) is 30.3 Å². The zero-order valence-electron chi connectivity index (χ0n) is 20.6. The third kappa shape index (κ3) is 4.29. The van der Waals surface area contributed by atoms with Crippen molar-refractivity contribution >= 4 is 28.8 Å². The molecule has 0 unspecified atom stereocenters. The molecule has 8 heteroatoms. The number of carbonyl (C=O) groups is 2. The van der Waals surface area contributed by atoms with Crippen LogP contribution in [0.2, 0.25) is 0 Å². The van der Waals surface area contributed by atoms with Gasteiger partial charge in [0.05, 0.1) is 41.4 Å². The van der Waals surface area contributed by atoms with Gasteiger partial charge in [-0.15, -0.1) is 0 Å². The van der Waals surface area contributed by atoms with Gasteiger partial charge in [0.15, 0.2) is 0 Å². The van der Waals surface area contributed by atoms with Crippen molar-refractivity contribution in [3.63, 3.8) is 0 Å². The highest BCUT2D eigenvalue weighted by molar-refractivity contribution is 5.96. The molecule has 3 aromatic carbocycles. The zero-order chi connectivity index (χ0) is 26.1. The summed E-state index contributed by atoms with van der Waals surface area (Å²) in [6.45, 7) is 1.99. The summed E-state index contributed by atoms with van der Waals surface area (Å²) in [5.41, 5.74) is 5.24. The van der Waals surface area contributed by atoms with Crippen molar-refractivity contribution < 1.29 is 19.4 Å². The van der Waals surface area contributed by atoms with Gasteiger partial charge < -0.3 is 9.84 Å². The number of hydrogen-bond donors (Lipinski definition) is 1. The number of anilines is 1. The molecule has 1 aliphatic rings. The first-order chi connectivity index (χ1) is 17.9. The second-order valence-corrected chi connectivity index (χ2v) is 9.19. The minimum atomic E-state index is -0.933. The Morgan fingerprint density at radius 1 is 1.14 bits per heavy atom. The molecule has 2 heterocycles. The molecule has 37 heavy (non-hydrogen) atoms. The summed E-state index contributed by atoms with van der Waals surface area (Å²) in [6.07, 6.45) is 1.23. The SMILES string of the molecule is COC(=O)N1c2ccc3c(nc(C[C@@H](C(=O)O)c4ccccc4)n3-c3ccc(C#N)cc3)c2CC[C@@H]1C. The molecule has 1 aliphatic heterocycles. The minimum absolute atomic E-state index is 0.0213. The number of nitriles is 1. The Balaban J connectivity index is 1.71. The molecule has 0 saturated heterocycles. The Labute approximate surface area is 214 Å². The molecular weight excluding hydrogens is 468 g/mol. The van der Waals surface area contributed by atoms with Crippen LogP contribution in [0.5, 0.6) is 0 Å². The number of benzene rings is 3. The zero-order valence-corrected chi connectivity index (χ0v) is 20.6. The summed E-state index contributed by atoms with van der Waals surface area (Å²) in [5.74, 6) is -1.14. The normalized spacial score (nSPS) is 15.6. The smallest absolute Gasteiger partial charge is 0.414 e. The van der Waals surface area contributed by atoms with Gasteiger partial charge in [-0.2, -0.15) is 5.26 Å². The predicted molar refractivity (Wildman–Crippen MR) is 139 cm³/mol. The lowest BCUT2D eigenvalue weighted by atomic mass is 9.95. The van der Waals surface area contributed by atoms with Crippen LogP contribution in [0.4, 0.5) is 10.5 Å². The molecule has 0 spiro atoms. The van der Waals surface area contributed by atoms with E-state index >= 15 is 0 Å². The number of aryl methyl sites for hydroxylation is 1. The van der Waals surface area contributed by atoms with Gasteiger partial charge in [-0.25, -0.2) is 9.78 Å². The average Bonchev–Trinajstić information content (AvgIpc) is 3.30. The van der Waals surface area contributed by atoms with Crippen molar-refractivity contribution in [2.24, 2.45) is 0 Å². The van der Waals surface area contributed by atoms with Crippen LogP contribution >= 0.6 is 0 Å². The third-order valence-corrected chi connectivity index (χ3v) is 7.00. The van der Waals surface area contributed by atoms with Crippen LogP contribution < -0.4 is 4.90 Å². The summed E-state index contributed by atoms with van der Waals surface area (Å²) < 4.78 is 7.00. The molecule has 0 saturated carbocycles. The van der Waals surface area contributed by atoms with Gasteiger partial charge in [0.1, 0.15) is 5.82 Å². The van der Waals surface area contributed by atoms with Gasteiger partial charge in [-0.3, -0.25) is 14.3 Å². The lowest BCUT2D eigenvalue weighted by molar-refractivity contribution is -0.138. The van der Waals surface area contributed by atoms with Crippen molar-refractivity contribution in [1.29, 1.82) is 5.26 Å². The molecule has 186 valence electrons. The van der Waals surface area contributed by atoms with E-state index in [2.05, 4.69) is 6.07 Å². The summed E-state index contributed by atoms with van der Waals surface area (Å²) in [7, 11) is 1.37. The molecule has 0 aliphatic carbocycles. The second kappa shape index (κ2) is 9.78. The number of nitrogens with zero attached hydrogens (tertiary/aromatic N) is 4. The van der Waals surface area contributed by atoms with E-state index in [1.807, 2.05) is 66.1 Å². The number of rotatable bonds is 5. The van der Waals surface area contributed by atoms with Gasteiger partial charge in [0, 0.05) is 23.7 Å². The highest BCUT2D eigenvalue weighted by Crippen LogP contribution is 2.38. The van der Waals surface area contributed by atoms with Crippen LogP contribution in [0.15, 0.2) is 66.7 Å². The van der Waals surface area contributed by atoms with E-state index in [-0.39, 0.29) is 12.5 Å². The molecular formula is C29H26N4O4.